The molecule has 0 bridgehead atoms. The van der Waals surface area contributed by atoms with Gasteiger partial charge in [-0.2, -0.15) is 0 Å². The molecule has 0 radical (unpaired) electrons. The summed E-state index contributed by atoms with van der Waals surface area (Å²) in [5.41, 5.74) is 0.221. The average molecular weight is 777 g/mol. The largest absolute Gasteiger partial charge is 0.465 e. The van der Waals surface area contributed by atoms with Crippen LogP contribution in [-0.4, -0.2) is 50.2 Å². The van der Waals surface area contributed by atoms with Gasteiger partial charge in [-0.1, -0.05) is 38.8 Å². The number of rotatable bonds is 17. The van der Waals surface area contributed by atoms with Crippen molar-refractivity contribution in [1.82, 2.24) is 0 Å². The lowest BCUT2D eigenvalue weighted by atomic mass is 9.68. The van der Waals surface area contributed by atoms with Crippen LogP contribution < -0.4 is 9.47 Å². The van der Waals surface area contributed by atoms with Crippen LogP contribution in [0.5, 0.6) is 11.5 Å². The van der Waals surface area contributed by atoms with Gasteiger partial charge in [-0.15, -0.1) is 0 Å². The minimum absolute atomic E-state index is 0.0790. The van der Waals surface area contributed by atoms with E-state index in [1.807, 2.05) is 0 Å². The van der Waals surface area contributed by atoms with Gasteiger partial charge >= 0.3 is 29.8 Å². The highest BCUT2D eigenvalue weighted by Gasteiger charge is 2.36. The van der Waals surface area contributed by atoms with Crippen LogP contribution in [0.15, 0.2) is 43.5 Å². The molecule has 0 spiro atoms. The summed E-state index contributed by atoms with van der Waals surface area (Å²) in [4.78, 5) is 62.0. The monoisotopic (exact) mass is 776 g/mol. The molecule has 4 fully saturated rings. The molecule has 0 unspecified atom stereocenters. The first kappa shape index (κ1) is 43.2. The quantitative estimate of drug-likeness (QED) is 0.0496. The van der Waals surface area contributed by atoms with Crippen molar-refractivity contribution in [2.45, 2.75) is 128 Å². The van der Waals surface area contributed by atoms with E-state index in [1.165, 1.54) is 88.8 Å². The molecular weight excluding hydrogens is 712 g/mol. The van der Waals surface area contributed by atoms with Crippen molar-refractivity contribution >= 4 is 29.8 Å². The minimum Gasteiger partial charge on any atom is -0.465 e. The zero-order valence-electron chi connectivity index (χ0n) is 33.6. The molecule has 0 amide bonds. The molecule has 0 atom stereocenters. The average Bonchev–Trinajstić information content (AvgIpc) is 3.24. The third-order valence-corrected chi connectivity index (χ3v) is 13.4. The molecule has 4 saturated carbocycles. The van der Waals surface area contributed by atoms with Gasteiger partial charge in [0.25, 0.3) is 0 Å². The molecule has 1 aromatic rings. The van der Waals surface area contributed by atoms with Gasteiger partial charge in [-0.3, -0.25) is 9.59 Å². The molecule has 10 nitrogen and oxygen atoms in total. The van der Waals surface area contributed by atoms with Crippen LogP contribution in [0, 0.1) is 47.3 Å². The molecule has 1 aromatic carbocycles. The number of benzene rings is 1. The number of methoxy groups -OCH3 is 1. The van der Waals surface area contributed by atoms with Crippen LogP contribution in [0.2, 0.25) is 0 Å². The van der Waals surface area contributed by atoms with Crippen LogP contribution in [0.3, 0.4) is 0 Å². The van der Waals surface area contributed by atoms with Crippen LogP contribution >= 0.6 is 0 Å². The van der Waals surface area contributed by atoms with E-state index in [0.29, 0.717) is 48.7 Å². The highest BCUT2D eigenvalue weighted by molar-refractivity contribution is 5.91. The second kappa shape index (κ2) is 22.1. The number of esters is 5. The Bertz CT molecular complexity index is 1480. The Hall–Kier alpha value is -3.95. The highest BCUT2D eigenvalue weighted by Crippen LogP contribution is 2.44. The smallest absolute Gasteiger partial charge is 0.337 e. The maximum Gasteiger partial charge on any atom is 0.337 e. The van der Waals surface area contributed by atoms with Crippen molar-refractivity contribution in [3.8, 4) is 11.5 Å². The first-order valence-electron chi connectivity index (χ1n) is 21.4. The Labute approximate surface area is 333 Å². The van der Waals surface area contributed by atoms with E-state index < -0.39 is 5.97 Å². The van der Waals surface area contributed by atoms with Gasteiger partial charge in [-0.25, -0.2) is 14.4 Å². The van der Waals surface area contributed by atoms with Gasteiger partial charge < -0.3 is 23.7 Å². The van der Waals surface area contributed by atoms with E-state index in [0.717, 1.165) is 77.0 Å². The number of hydrogen-bond donors (Lipinski definition) is 0. The summed E-state index contributed by atoms with van der Waals surface area (Å²) in [7, 11) is 1.30. The zero-order chi connectivity index (χ0) is 39.9. The first-order chi connectivity index (χ1) is 27.2. The summed E-state index contributed by atoms with van der Waals surface area (Å²) in [5.74, 6) is 1.73. The van der Waals surface area contributed by atoms with E-state index in [-0.39, 0.29) is 52.8 Å². The van der Waals surface area contributed by atoms with E-state index in [1.54, 1.807) is 0 Å². The van der Waals surface area contributed by atoms with Gasteiger partial charge in [-0.05, 0) is 156 Å². The normalized spacial score (nSPS) is 27.9. The summed E-state index contributed by atoms with van der Waals surface area (Å²) in [6.07, 6.45) is 23.0. The van der Waals surface area contributed by atoms with Crippen LogP contribution in [0.1, 0.15) is 139 Å². The molecule has 56 heavy (non-hydrogen) atoms. The zero-order valence-corrected chi connectivity index (χ0v) is 33.6. The van der Waals surface area contributed by atoms with Gasteiger partial charge in [0.05, 0.1) is 37.7 Å². The fourth-order valence-corrected chi connectivity index (χ4v) is 10.1. The molecule has 10 heteroatoms. The predicted octanol–water partition coefficient (Wildman–Crippen LogP) is 9.53. The maximum absolute atomic E-state index is 13.5. The molecule has 0 aliphatic heterocycles. The molecule has 0 aromatic heterocycles. The number of carbonyl (C=O) groups excluding carboxylic acids is 5. The van der Waals surface area contributed by atoms with Crippen molar-refractivity contribution in [2.75, 3.05) is 20.3 Å². The summed E-state index contributed by atoms with van der Waals surface area (Å²) in [6, 6.07) is 4.51. The SMILES string of the molecule is C=CC(=O)OCCCC1CCC(C2CCC(C(=O)Oc3ccc(C(=O)OC)cc3OC(=O)C3CCC(C4CCC(CCCOC(=O)C=C)CC4)CC3)CC2)CC1. The third kappa shape index (κ3) is 12.8. The molecule has 308 valence electrons. The number of carbonyl (C=O) groups is 5. The highest BCUT2D eigenvalue weighted by atomic mass is 16.6. The first-order valence-corrected chi connectivity index (χ1v) is 21.4. The van der Waals surface area contributed by atoms with Crippen molar-refractivity contribution < 1.29 is 47.7 Å². The molecule has 4 aliphatic carbocycles. The van der Waals surface area contributed by atoms with Crippen molar-refractivity contribution in [3.05, 3.63) is 49.1 Å². The van der Waals surface area contributed by atoms with Crippen LogP contribution in [0.25, 0.3) is 0 Å². The Morgan fingerprint density at radius 1 is 0.571 bits per heavy atom. The molecule has 0 saturated heterocycles. The topological polar surface area (TPSA) is 132 Å². The van der Waals surface area contributed by atoms with Gasteiger partial charge in [0.1, 0.15) is 0 Å². The lowest BCUT2D eigenvalue weighted by Gasteiger charge is -2.37. The number of ether oxygens (including phenoxy) is 5. The Morgan fingerprint density at radius 3 is 1.36 bits per heavy atom. The minimum atomic E-state index is -0.562. The molecule has 5 rings (SSSR count). The summed E-state index contributed by atoms with van der Waals surface area (Å²) >= 11 is 0. The fourth-order valence-electron chi connectivity index (χ4n) is 10.1. The Morgan fingerprint density at radius 2 is 0.964 bits per heavy atom. The number of hydrogen-bond acceptors (Lipinski definition) is 10. The molecule has 4 aliphatic rings. The summed E-state index contributed by atoms with van der Waals surface area (Å²) in [5, 5.41) is 0. The maximum atomic E-state index is 13.5. The van der Waals surface area contributed by atoms with Gasteiger partial charge in [0, 0.05) is 12.2 Å². The molecular formula is C46H64O10. The predicted molar refractivity (Wildman–Crippen MR) is 212 cm³/mol. The Balaban J connectivity index is 1.05. The van der Waals surface area contributed by atoms with Crippen LogP contribution in [-0.2, 0) is 33.4 Å². The molecule has 0 heterocycles. The van der Waals surface area contributed by atoms with Gasteiger partial charge in [0.15, 0.2) is 11.5 Å². The lowest BCUT2D eigenvalue weighted by molar-refractivity contribution is -0.143. The fraction of sp³-hybridized carbons (Fsp3) is 0.674. The lowest BCUT2D eigenvalue weighted by Crippen LogP contribution is -2.31. The second-order valence-electron chi connectivity index (χ2n) is 16.8. The van der Waals surface area contributed by atoms with E-state index >= 15 is 0 Å². The van der Waals surface area contributed by atoms with E-state index in [4.69, 9.17) is 23.7 Å². The summed E-state index contributed by atoms with van der Waals surface area (Å²) in [6.45, 7) is 7.78. The van der Waals surface area contributed by atoms with Gasteiger partial charge in [0.2, 0.25) is 0 Å². The van der Waals surface area contributed by atoms with Crippen molar-refractivity contribution in [1.29, 1.82) is 0 Å². The molecule has 0 N–H and O–H groups in total. The summed E-state index contributed by atoms with van der Waals surface area (Å²) < 4.78 is 27.0. The third-order valence-electron chi connectivity index (χ3n) is 13.4. The van der Waals surface area contributed by atoms with E-state index in [9.17, 15) is 24.0 Å². The van der Waals surface area contributed by atoms with Crippen molar-refractivity contribution in [3.63, 3.8) is 0 Å². The standard InChI is InChI=1S/C46H64O10/c1-4-42(47)53-28-6-8-31-10-14-33(15-11-31)35-18-22-37(23-19-35)45(50)55-40-27-26-39(44(49)52-3)30-41(40)56-46(51)38-24-20-36(21-25-38)34-16-12-32(13-17-34)9-7-29-54-43(48)5-2/h4-5,26-27,30-38H,1-2,6-25,28-29H2,3H3. The van der Waals surface area contributed by atoms with Crippen LogP contribution in [0.4, 0.5) is 0 Å². The Kier molecular flexibility index (Phi) is 17.0. The second-order valence-corrected chi connectivity index (χ2v) is 16.8. The van der Waals surface area contributed by atoms with Crippen molar-refractivity contribution in [2.24, 2.45) is 47.3 Å². The van der Waals surface area contributed by atoms with E-state index in [2.05, 4.69) is 13.2 Å².